The molecule has 1 fully saturated rings. The molecule has 0 bridgehead atoms. The van der Waals surface area contributed by atoms with Crippen LogP contribution in [0.15, 0.2) is 18.6 Å². The van der Waals surface area contributed by atoms with E-state index in [4.69, 9.17) is 11.6 Å². The van der Waals surface area contributed by atoms with Gasteiger partial charge in [0.25, 0.3) is 0 Å². The average molecular weight is 279 g/mol. The van der Waals surface area contributed by atoms with Gasteiger partial charge in [-0.05, 0) is 19.8 Å². The van der Waals surface area contributed by atoms with E-state index in [1.807, 2.05) is 11.7 Å². The molecule has 3 rings (SSSR count). The molecule has 7 heteroatoms. The molecule has 1 aliphatic heterocycles. The molecular formula is C12H15ClN6. The van der Waals surface area contributed by atoms with Crippen LogP contribution in [0.3, 0.4) is 0 Å². The van der Waals surface area contributed by atoms with Crippen LogP contribution in [0.1, 0.15) is 24.6 Å². The third-order valence-corrected chi connectivity index (χ3v) is 3.50. The van der Waals surface area contributed by atoms with Crippen molar-refractivity contribution < 1.29 is 0 Å². The van der Waals surface area contributed by atoms with E-state index >= 15 is 0 Å². The molecule has 0 unspecified atom stereocenters. The lowest BCUT2D eigenvalue weighted by Gasteiger charge is -2.31. The van der Waals surface area contributed by atoms with Gasteiger partial charge in [-0.1, -0.05) is 11.6 Å². The number of anilines is 1. The van der Waals surface area contributed by atoms with Crippen molar-refractivity contribution in [2.45, 2.75) is 25.8 Å². The van der Waals surface area contributed by atoms with Gasteiger partial charge in [0.2, 0.25) is 5.95 Å². The summed E-state index contributed by atoms with van der Waals surface area (Å²) < 4.78 is 0. The molecule has 0 aliphatic carbocycles. The minimum Gasteiger partial charge on any atom is -0.341 e. The van der Waals surface area contributed by atoms with Gasteiger partial charge >= 0.3 is 0 Å². The van der Waals surface area contributed by atoms with Gasteiger partial charge in [0, 0.05) is 13.1 Å². The Labute approximate surface area is 116 Å². The quantitative estimate of drug-likeness (QED) is 0.839. The highest BCUT2D eigenvalue weighted by Crippen LogP contribution is 2.23. The van der Waals surface area contributed by atoms with Crippen molar-refractivity contribution in [1.29, 1.82) is 0 Å². The Morgan fingerprint density at radius 2 is 1.84 bits per heavy atom. The molecule has 2 aromatic heterocycles. The summed E-state index contributed by atoms with van der Waals surface area (Å²) in [4.78, 5) is 12.5. The lowest BCUT2D eigenvalue weighted by atomic mass is 10.1. The number of aryl methyl sites for hydroxylation is 1. The van der Waals surface area contributed by atoms with Crippen molar-refractivity contribution in [3.63, 3.8) is 0 Å². The molecule has 0 amide bonds. The van der Waals surface area contributed by atoms with Gasteiger partial charge in [-0.15, -0.1) is 0 Å². The van der Waals surface area contributed by atoms with E-state index in [2.05, 4.69) is 25.1 Å². The lowest BCUT2D eigenvalue weighted by Crippen LogP contribution is -2.36. The van der Waals surface area contributed by atoms with Gasteiger partial charge < -0.3 is 4.90 Å². The molecule has 0 N–H and O–H groups in total. The minimum atomic E-state index is 0.372. The van der Waals surface area contributed by atoms with E-state index in [9.17, 15) is 0 Å². The Balaban J connectivity index is 1.64. The molecule has 0 saturated carbocycles. The zero-order valence-corrected chi connectivity index (χ0v) is 11.5. The third kappa shape index (κ3) is 2.68. The molecule has 3 heterocycles. The first-order valence-corrected chi connectivity index (χ1v) is 6.71. The van der Waals surface area contributed by atoms with E-state index in [1.165, 1.54) is 0 Å². The maximum atomic E-state index is 5.79. The monoisotopic (exact) mass is 278 g/mol. The predicted octanol–water partition coefficient (Wildman–Crippen LogP) is 1.87. The van der Waals surface area contributed by atoms with Crippen LogP contribution in [0, 0.1) is 6.92 Å². The molecule has 1 aliphatic rings. The van der Waals surface area contributed by atoms with Crippen LogP contribution >= 0.6 is 11.6 Å². The molecule has 0 atom stereocenters. The van der Waals surface area contributed by atoms with Crippen LogP contribution in [-0.4, -0.2) is 38.1 Å². The summed E-state index contributed by atoms with van der Waals surface area (Å²) in [6.45, 7) is 3.78. The van der Waals surface area contributed by atoms with Gasteiger partial charge in [0.05, 0.1) is 35.3 Å². The fourth-order valence-electron chi connectivity index (χ4n) is 2.30. The van der Waals surface area contributed by atoms with E-state index in [0.29, 0.717) is 11.1 Å². The Hall–Kier alpha value is -1.69. The summed E-state index contributed by atoms with van der Waals surface area (Å²) in [7, 11) is 0. The Morgan fingerprint density at radius 1 is 1.16 bits per heavy atom. The second-order valence-corrected chi connectivity index (χ2v) is 5.16. The highest BCUT2D eigenvalue weighted by atomic mass is 35.5. The van der Waals surface area contributed by atoms with Crippen molar-refractivity contribution in [1.82, 2.24) is 25.0 Å². The first-order chi connectivity index (χ1) is 9.22. The average Bonchev–Trinajstić information content (AvgIpc) is 2.87. The molecule has 2 aromatic rings. The Morgan fingerprint density at radius 3 is 2.42 bits per heavy atom. The number of piperidine rings is 1. The highest BCUT2D eigenvalue weighted by molar-refractivity contribution is 6.30. The topological polar surface area (TPSA) is 59.7 Å². The Bertz CT molecular complexity index is 544. The number of hydrogen-bond acceptors (Lipinski definition) is 5. The number of halogens is 1. The van der Waals surface area contributed by atoms with Crippen LogP contribution in [-0.2, 0) is 0 Å². The van der Waals surface area contributed by atoms with Crippen LogP contribution in [0.25, 0.3) is 0 Å². The van der Waals surface area contributed by atoms with Crippen molar-refractivity contribution in [2.75, 3.05) is 18.0 Å². The van der Waals surface area contributed by atoms with Gasteiger partial charge in [-0.3, -0.25) is 0 Å². The molecular weight excluding hydrogens is 264 g/mol. The number of rotatable bonds is 2. The number of nitrogens with zero attached hydrogens (tertiary/aromatic N) is 6. The summed E-state index contributed by atoms with van der Waals surface area (Å²) >= 11 is 5.79. The standard InChI is InChI=1S/C12H15ClN6/c1-9-6-16-19(17-9)11-2-4-18(5-3-11)12-14-7-10(13)8-15-12/h6-8,11H,2-5H2,1H3. The van der Waals surface area contributed by atoms with Crippen LogP contribution < -0.4 is 4.90 Å². The molecule has 0 radical (unpaired) electrons. The van der Waals surface area contributed by atoms with E-state index in [-0.39, 0.29) is 0 Å². The largest absolute Gasteiger partial charge is 0.341 e. The number of hydrogen-bond donors (Lipinski definition) is 0. The Kier molecular flexibility index (Phi) is 3.33. The van der Waals surface area contributed by atoms with Crippen molar-refractivity contribution in [2.24, 2.45) is 0 Å². The van der Waals surface area contributed by atoms with Crippen molar-refractivity contribution in [3.8, 4) is 0 Å². The van der Waals surface area contributed by atoms with Crippen LogP contribution in [0.4, 0.5) is 5.95 Å². The summed E-state index contributed by atoms with van der Waals surface area (Å²) in [6, 6.07) is 0.372. The first kappa shape index (κ1) is 12.3. The maximum Gasteiger partial charge on any atom is 0.225 e. The fourth-order valence-corrected chi connectivity index (χ4v) is 2.40. The molecule has 6 nitrogen and oxygen atoms in total. The van der Waals surface area contributed by atoms with Gasteiger partial charge in [-0.25, -0.2) is 9.97 Å². The summed E-state index contributed by atoms with van der Waals surface area (Å²) in [5.74, 6) is 0.743. The zero-order valence-electron chi connectivity index (χ0n) is 10.7. The normalized spacial score (nSPS) is 16.8. The molecule has 19 heavy (non-hydrogen) atoms. The molecule has 1 saturated heterocycles. The van der Waals surface area contributed by atoms with Crippen LogP contribution in [0.5, 0.6) is 0 Å². The summed E-state index contributed by atoms with van der Waals surface area (Å²) in [6.07, 6.45) is 7.07. The lowest BCUT2D eigenvalue weighted by molar-refractivity contribution is 0.331. The summed E-state index contributed by atoms with van der Waals surface area (Å²) in [5, 5.41) is 9.23. The maximum absolute atomic E-state index is 5.79. The fraction of sp³-hybridized carbons (Fsp3) is 0.500. The zero-order chi connectivity index (χ0) is 13.2. The highest BCUT2D eigenvalue weighted by Gasteiger charge is 2.23. The third-order valence-electron chi connectivity index (χ3n) is 3.30. The first-order valence-electron chi connectivity index (χ1n) is 6.33. The van der Waals surface area contributed by atoms with Crippen molar-refractivity contribution in [3.05, 3.63) is 29.3 Å². The van der Waals surface area contributed by atoms with E-state index in [1.54, 1.807) is 18.6 Å². The number of aromatic nitrogens is 5. The minimum absolute atomic E-state index is 0.372. The van der Waals surface area contributed by atoms with E-state index < -0.39 is 0 Å². The van der Waals surface area contributed by atoms with Crippen molar-refractivity contribution >= 4 is 17.5 Å². The predicted molar refractivity (Wildman–Crippen MR) is 72.3 cm³/mol. The SMILES string of the molecule is Cc1cnn(C2CCN(c3ncc(Cl)cn3)CC2)n1. The summed E-state index contributed by atoms with van der Waals surface area (Å²) in [5.41, 5.74) is 0.962. The molecule has 0 aromatic carbocycles. The van der Waals surface area contributed by atoms with E-state index in [0.717, 1.165) is 37.6 Å². The second kappa shape index (κ2) is 5.13. The second-order valence-electron chi connectivity index (χ2n) is 4.73. The van der Waals surface area contributed by atoms with Gasteiger partial charge in [0.15, 0.2) is 0 Å². The molecule has 0 spiro atoms. The van der Waals surface area contributed by atoms with Gasteiger partial charge in [-0.2, -0.15) is 15.0 Å². The molecule has 100 valence electrons. The smallest absolute Gasteiger partial charge is 0.225 e. The van der Waals surface area contributed by atoms with Gasteiger partial charge in [0.1, 0.15) is 0 Å². The van der Waals surface area contributed by atoms with Crippen LogP contribution in [0.2, 0.25) is 5.02 Å².